The zero-order chi connectivity index (χ0) is 8.27. The third-order valence-corrected chi connectivity index (χ3v) is 1.42. The second-order valence-corrected chi connectivity index (χ2v) is 2.15. The Morgan fingerprint density at radius 3 is 3.00 bits per heavy atom. The van der Waals surface area contributed by atoms with Crippen LogP contribution in [0.2, 0.25) is 0 Å². The van der Waals surface area contributed by atoms with E-state index in [-0.39, 0.29) is 0 Å². The maximum absolute atomic E-state index is 7.46. The van der Waals surface area contributed by atoms with Crippen LogP contribution in [0.1, 0.15) is 18.9 Å². The van der Waals surface area contributed by atoms with Crippen molar-refractivity contribution in [2.75, 3.05) is 5.73 Å². The molecule has 58 valence electrons. The zero-order valence-electron chi connectivity index (χ0n) is 6.33. The molecule has 0 atom stereocenters. The van der Waals surface area contributed by atoms with E-state index in [9.17, 15) is 0 Å². The molecule has 1 aromatic heterocycles. The summed E-state index contributed by atoms with van der Waals surface area (Å²) in [5, 5.41) is 7.46. The van der Waals surface area contributed by atoms with Gasteiger partial charge in [-0.3, -0.25) is 0 Å². The first-order valence-electron chi connectivity index (χ1n) is 3.39. The molecule has 0 unspecified atom stereocenters. The zero-order valence-corrected chi connectivity index (χ0v) is 6.33. The molecule has 0 aliphatic carbocycles. The maximum Gasteiger partial charge on any atom is 0.135 e. The lowest BCUT2D eigenvalue weighted by atomic mass is 10.1. The van der Waals surface area contributed by atoms with Crippen LogP contribution in [0.4, 0.5) is 5.82 Å². The summed E-state index contributed by atoms with van der Waals surface area (Å²) < 4.78 is 0. The molecule has 0 bridgehead atoms. The molecule has 0 aliphatic rings. The minimum atomic E-state index is 0.381. The average Bonchev–Trinajstić information content (AvgIpc) is 2.04. The molecule has 4 heteroatoms. The van der Waals surface area contributed by atoms with Gasteiger partial charge in [-0.05, 0) is 6.42 Å². The molecule has 0 amide bonds. The lowest BCUT2D eigenvalue weighted by Crippen LogP contribution is -2.04. The summed E-state index contributed by atoms with van der Waals surface area (Å²) in [5.74, 6) is 0.381. The highest BCUT2D eigenvalue weighted by atomic mass is 14.9. The number of nitrogens with zero attached hydrogens (tertiary/aromatic N) is 2. The Kier molecular flexibility index (Phi) is 2.15. The van der Waals surface area contributed by atoms with Gasteiger partial charge < -0.3 is 11.1 Å². The SMILES string of the molecule is CCC(=N)c1cncnc1N. The summed E-state index contributed by atoms with van der Waals surface area (Å²) in [6.07, 6.45) is 3.59. The highest BCUT2D eigenvalue weighted by Crippen LogP contribution is 2.07. The molecule has 3 N–H and O–H groups in total. The van der Waals surface area contributed by atoms with Crippen LogP contribution in [0.3, 0.4) is 0 Å². The number of anilines is 1. The number of aromatic nitrogens is 2. The van der Waals surface area contributed by atoms with Gasteiger partial charge in [0.1, 0.15) is 12.1 Å². The Hall–Kier alpha value is -1.45. The first kappa shape index (κ1) is 7.65. The Bertz CT molecular complexity index is 269. The summed E-state index contributed by atoms with van der Waals surface area (Å²) in [5.41, 5.74) is 6.61. The van der Waals surface area contributed by atoms with E-state index >= 15 is 0 Å². The maximum atomic E-state index is 7.46. The van der Waals surface area contributed by atoms with Crippen molar-refractivity contribution in [3.8, 4) is 0 Å². The summed E-state index contributed by atoms with van der Waals surface area (Å²) >= 11 is 0. The largest absolute Gasteiger partial charge is 0.383 e. The van der Waals surface area contributed by atoms with E-state index in [1.54, 1.807) is 6.20 Å². The van der Waals surface area contributed by atoms with Crippen molar-refractivity contribution in [1.29, 1.82) is 5.41 Å². The van der Waals surface area contributed by atoms with Crippen LogP contribution in [0, 0.1) is 5.41 Å². The fraction of sp³-hybridized carbons (Fsp3) is 0.286. The minimum Gasteiger partial charge on any atom is -0.383 e. The fourth-order valence-corrected chi connectivity index (χ4v) is 0.762. The van der Waals surface area contributed by atoms with Crippen molar-refractivity contribution in [3.63, 3.8) is 0 Å². The van der Waals surface area contributed by atoms with Crippen molar-refractivity contribution in [3.05, 3.63) is 18.1 Å². The lowest BCUT2D eigenvalue weighted by Gasteiger charge is -2.01. The number of hydrogen-bond acceptors (Lipinski definition) is 4. The van der Waals surface area contributed by atoms with Gasteiger partial charge in [-0.15, -0.1) is 0 Å². The van der Waals surface area contributed by atoms with Gasteiger partial charge >= 0.3 is 0 Å². The van der Waals surface area contributed by atoms with Gasteiger partial charge in [0.25, 0.3) is 0 Å². The highest BCUT2D eigenvalue weighted by Gasteiger charge is 2.03. The summed E-state index contributed by atoms with van der Waals surface area (Å²) in [6, 6.07) is 0. The van der Waals surface area contributed by atoms with Gasteiger partial charge in [-0.25, -0.2) is 9.97 Å². The first-order valence-corrected chi connectivity index (χ1v) is 3.39. The van der Waals surface area contributed by atoms with Crippen LogP contribution in [-0.4, -0.2) is 15.7 Å². The molecule has 0 aliphatic heterocycles. The molecule has 1 aromatic rings. The van der Waals surface area contributed by atoms with Crippen LogP contribution >= 0.6 is 0 Å². The normalized spacial score (nSPS) is 9.55. The van der Waals surface area contributed by atoms with Crippen LogP contribution < -0.4 is 5.73 Å². The van der Waals surface area contributed by atoms with E-state index in [1.165, 1.54) is 6.33 Å². The highest BCUT2D eigenvalue weighted by molar-refractivity contribution is 6.01. The Morgan fingerprint density at radius 1 is 1.73 bits per heavy atom. The van der Waals surface area contributed by atoms with E-state index in [0.29, 0.717) is 23.5 Å². The standard InChI is InChI=1S/C7H10N4/c1-2-6(8)5-3-10-4-11-7(5)9/h3-4,8H,2H2,1H3,(H2,9,10,11). The molecule has 0 saturated carbocycles. The van der Waals surface area contributed by atoms with Crippen molar-refractivity contribution >= 4 is 11.5 Å². The fourth-order valence-electron chi connectivity index (χ4n) is 0.762. The third-order valence-electron chi connectivity index (χ3n) is 1.42. The quantitative estimate of drug-likeness (QED) is 0.613. The molecule has 0 saturated heterocycles. The number of nitrogens with one attached hydrogen (secondary N) is 1. The summed E-state index contributed by atoms with van der Waals surface area (Å²) in [7, 11) is 0. The van der Waals surface area contributed by atoms with E-state index in [2.05, 4.69) is 9.97 Å². The molecular formula is C7H10N4. The Morgan fingerprint density at radius 2 is 2.45 bits per heavy atom. The van der Waals surface area contributed by atoms with Crippen molar-refractivity contribution in [1.82, 2.24) is 9.97 Å². The molecule has 0 radical (unpaired) electrons. The minimum absolute atomic E-state index is 0.381. The number of rotatable bonds is 2. The van der Waals surface area contributed by atoms with E-state index in [1.807, 2.05) is 6.92 Å². The summed E-state index contributed by atoms with van der Waals surface area (Å²) in [6.45, 7) is 1.90. The predicted molar refractivity (Wildman–Crippen MR) is 43.6 cm³/mol. The van der Waals surface area contributed by atoms with E-state index in [0.717, 1.165) is 0 Å². The second kappa shape index (κ2) is 3.09. The van der Waals surface area contributed by atoms with Crippen LogP contribution in [0.15, 0.2) is 12.5 Å². The lowest BCUT2D eigenvalue weighted by molar-refractivity contribution is 1.14. The monoisotopic (exact) mass is 150 g/mol. The van der Waals surface area contributed by atoms with Gasteiger partial charge in [0.05, 0.1) is 5.56 Å². The van der Waals surface area contributed by atoms with Crippen molar-refractivity contribution < 1.29 is 0 Å². The van der Waals surface area contributed by atoms with Gasteiger partial charge in [0.2, 0.25) is 0 Å². The second-order valence-electron chi connectivity index (χ2n) is 2.15. The molecule has 0 fully saturated rings. The number of nitrogen functional groups attached to an aromatic ring is 1. The third kappa shape index (κ3) is 1.52. The Labute approximate surface area is 65.0 Å². The van der Waals surface area contributed by atoms with Gasteiger partial charge in [-0.1, -0.05) is 6.92 Å². The molecule has 0 spiro atoms. The smallest absolute Gasteiger partial charge is 0.135 e. The van der Waals surface area contributed by atoms with Gasteiger partial charge in [0, 0.05) is 11.9 Å². The summed E-state index contributed by atoms with van der Waals surface area (Å²) in [4.78, 5) is 7.56. The van der Waals surface area contributed by atoms with Crippen molar-refractivity contribution in [2.24, 2.45) is 0 Å². The molecule has 0 aromatic carbocycles. The van der Waals surface area contributed by atoms with Gasteiger partial charge in [0.15, 0.2) is 0 Å². The van der Waals surface area contributed by atoms with Crippen LogP contribution in [0.5, 0.6) is 0 Å². The molecule has 11 heavy (non-hydrogen) atoms. The molecule has 1 heterocycles. The first-order chi connectivity index (χ1) is 5.25. The number of hydrogen-bond donors (Lipinski definition) is 2. The van der Waals surface area contributed by atoms with Crippen LogP contribution in [0.25, 0.3) is 0 Å². The topological polar surface area (TPSA) is 75.7 Å². The molecular weight excluding hydrogens is 140 g/mol. The predicted octanol–water partition coefficient (Wildman–Crippen LogP) is 0.837. The molecule has 1 rings (SSSR count). The van der Waals surface area contributed by atoms with E-state index < -0.39 is 0 Å². The number of nitrogens with two attached hydrogens (primary N) is 1. The molecule has 4 nitrogen and oxygen atoms in total. The van der Waals surface area contributed by atoms with E-state index in [4.69, 9.17) is 11.1 Å². The van der Waals surface area contributed by atoms with Crippen LogP contribution in [-0.2, 0) is 0 Å². The van der Waals surface area contributed by atoms with Crippen molar-refractivity contribution in [2.45, 2.75) is 13.3 Å². The Balaban J connectivity index is 3.03. The average molecular weight is 150 g/mol. The van der Waals surface area contributed by atoms with Gasteiger partial charge in [-0.2, -0.15) is 0 Å².